The van der Waals surface area contributed by atoms with Crippen molar-refractivity contribution >= 4 is 17.3 Å². The summed E-state index contributed by atoms with van der Waals surface area (Å²) in [6.07, 6.45) is 0.751. The van der Waals surface area contributed by atoms with Crippen LogP contribution >= 0.6 is 12.2 Å². The lowest BCUT2D eigenvalue weighted by molar-refractivity contribution is -0.134. The number of thiocarbonyl (C=S) groups is 1. The minimum atomic E-state index is -0.288. The Morgan fingerprint density at radius 2 is 2.33 bits per heavy atom. The van der Waals surface area contributed by atoms with E-state index >= 15 is 0 Å². The van der Waals surface area contributed by atoms with Gasteiger partial charge in [-0.15, -0.1) is 0 Å². The highest BCUT2D eigenvalue weighted by Gasteiger charge is 2.33. The number of ether oxygens (including phenoxy) is 2. The molecule has 1 heterocycles. The van der Waals surface area contributed by atoms with Crippen molar-refractivity contribution in [2.75, 3.05) is 40.0 Å². The van der Waals surface area contributed by atoms with Crippen LogP contribution in [-0.4, -0.2) is 66.8 Å². The van der Waals surface area contributed by atoms with Crippen molar-refractivity contribution in [1.82, 2.24) is 10.2 Å². The van der Waals surface area contributed by atoms with Gasteiger partial charge >= 0.3 is 0 Å². The van der Waals surface area contributed by atoms with Crippen molar-refractivity contribution in [2.24, 2.45) is 0 Å². The van der Waals surface area contributed by atoms with E-state index in [0.717, 1.165) is 31.2 Å². The second kappa shape index (κ2) is 7.23. The lowest BCUT2D eigenvalue weighted by atomic mass is 10.1. The maximum absolute atomic E-state index is 9.24. The van der Waals surface area contributed by atoms with Gasteiger partial charge in [-0.1, -0.05) is 0 Å². The van der Waals surface area contributed by atoms with Crippen LogP contribution in [0.5, 0.6) is 0 Å². The van der Waals surface area contributed by atoms with Crippen LogP contribution < -0.4 is 5.32 Å². The molecule has 0 amide bonds. The van der Waals surface area contributed by atoms with E-state index in [1.807, 2.05) is 13.8 Å². The van der Waals surface area contributed by atoms with Crippen LogP contribution in [0.2, 0.25) is 0 Å². The molecule has 1 atom stereocenters. The molecule has 1 aliphatic heterocycles. The van der Waals surface area contributed by atoms with E-state index in [1.165, 1.54) is 0 Å². The van der Waals surface area contributed by atoms with E-state index in [-0.39, 0.29) is 18.3 Å². The van der Waals surface area contributed by atoms with Crippen LogP contribution in [0.15, 0.2) is 0 Å². The highest BCUT2D eigenvalue weighted by molar-refractivity contribution is 7.80. The maximum Gasteiger partial charge on any atom is 0.169 e. The number of nitrogens with zero attached hydrogens (tertiary/aromatic N) is 1. The normalized spacial score (nSPS) is 22.9. The third-order valence-electron chi connectivity index (χ3n) is 2.77. The van der Waals surface area contributed by atoms with Crippen molar-refractivity contribution in [3.8, 4) is 0 Å². The average molecular weight is 276 g/mol. The Balaban J connectivity index is 2.41. The fourth-order valence-corrected chi connectivity index (χ4v) is 2.31. The molecule has 1 unspecified atom stereocenters. The summed E-state index contributed by atoms with van der Waals surface area (Å²) in [6, 6.07) is 0. The molecule has 5 nitrogen and oxygen atoms in total. The molecule has 0 bridgehead atoms. The summed E-state index contributed by atoms with van der Waals surface area (Å²) in [7, 11) is 1.69. The summed E-state index contributed by atoms with van der Waals surface area (Å²) in [5.41, 5.74) is -0.288. The van der Waals surface area contributed by atoms with Crippen LogP contribution in [0, 0.1) is 0 Å². The minimum absolute atomic E-state index is 0.0201. The van der Waals surface area contributed by atoms with Crippen molar-refractivity contribution in [2.45, 2.75) is 32.0 Å². The zero-order valence-electron chi connectivity index (χ0n) is 11.4. The van der Waals surface area contributed by atoms with E-state index in [1.54, 1.807) is 7.11 Å². The summed E-state index contributed by atoms with van der Waals surface area (Å²) in [5, 5.41) is 13.2. The number of morpholine rings is 1. The lowest BCUT2D eigenvalue weighted by Crippen LogP contribution is -2.57. The summed E-state index contributed by atoms with van der Waals surface area (Å²) in [5.74, 6) is 0. The topological polar surface area (TPSA) is 54.0 Å². The molecule has 1 rings (SSSR count). The van der Waals surface area contributed by atoms with E-state index in [0.29, 0.717) is 6.54 Å². The molecule has 0 spiro atoms. The first-order valence-corrected chi connectivity index (χ1v) is 6.70. The van der Waals surface area contributed by atoms with Gasteiger partial charge in [-0.3, -0.25) is 0 Å². The third kappa shape index (κ3) is 5.06. The molecule has 0 saturated carbocycles. The van der Waals surface area contributed by atoms with Crippen molar-refractivity contribution in [1.29, 1.82) is 0 Å². The molecular weight excluding hydrogens is 252 g/mol. The standard InChI is InChI=1S/C12H24N2O3S/c1-12(2)9-14(7-10(8-15)17-12)11(18)13-5-4-6-16-3/h10,15H,4-9H2,1-3H3,(H,13,18). The van der Waals surface area contributed by atoms with Gasteiger partial charge in [0.15, 0.2) is 5.11 Å². The second-order valence-electron chi connectivity index (χ2n) is 5.14. The van der Waals surface area contributed by atoms with Crippen LogP contribution in [0.4, 0.5) is 0 Å². The Kier molecular flexibility index (Phi) is 6.28. The van der Waals surface area contributed by atoms with Crippen LogP contribution in [0.3, 0.4) is 0 Å². The molecule has 0 aromatic rings. The zero-order valence-corrected chi connectivity index (χ0v) is 12.3. The van der Waals surface area contributed by atoms with Crippen molar-refractivity contribution < 1.29 is 14.6 Å². The highest BCUT2D eigenvalue weighted by Crippen LogP contribution is 2.20. The largest absolute Gasteiger partial charge is 0.394 e. The van der Waals surface area contributed by atoms with Crippen molar-refractivity contribution in [3.05, 3.63) is 0 Å². The third-order valence-corrected chi connectivity index (χ3v) is 3.18. The molecule has 106 valence electrons. The van der Waals surface area contributed by atoms with Gasteiger partial charge in [0.05, 0.1) is 18.3 Å². The van der Waals surface area contributed by atoms with Gasteiger partial charge in [-0.05, 0) is 32.5 Å². The van der Waals surface area contributed by atoms with Gasteiger partial charge < -0.3 is 24.8 Å². The first kappa shape index (κ1) is 15.6. The maximum atomic E-state index is 9.24. The Hall–Kier alpha value is -0.430. The van der Waals surface area contributed by atoms with Crippen molar-refractivity contribution in [3.63, 3.8) is 0 Å². The number of aliphatic hydroxyl groups excluding tert-OH is 1. The second-order valence-corrected chi connectivity index (χ2v) is 5.53. The van der Waals surface area contributed by atoms with Crippen LogP contribution in [-0.2, 0) is 9.47 Å². The number of nitrogens with one attached hydrogen (secondary N) is 1. The summed E-state index contributed by atoms with van der Waals surface area (Å²) in [4.78, 5) is 2.06. The summed E-state index contributed by atoms with van der Waals surface area (Å²) < 4.78 is 10.7. The highest BCUT2D eigenvalue weighted by atomic mass is 32.1. The molecule has 0 radical (unpaired) electrons. The van der Waals surface area contributed by atoms with Gasteiger partial charge in [0.2, 0.25) is 0 Å². The molecule has 1 saturated heterocycles. The zero-order chi connectivity index (χ0) is 13.6. The monoisotopic (exact) mass is 276 g/mol. The fraction of sp³-hybridized carbons (Fsp3) is 0.917. The smallest absolute Gasteiger partial charge is 0.169 e. The van der Waals surface area contributed by atoms with E-state index < -0.39 is 0 Å². The SMILES string of the molecule is COCCCNC(=S)N1CC(CO)OC(C)(C)C1. The van der Waals surface area contributed by atoms with E-state index in [9.17, 15) is 5.11 Å². The molecule has 0 aromatic carbocycles. The van der Waals surface area contributed by atoms with Gasteiger partial charge in [0.1, 0.15) is 0 Å². The number of hydrogen-bond acceptors (Lipinski definition) is 4. The molecular formula is C12H24N2O3S. The van der Waals surface area contributed by atoms with E-state index in [4.69, 9.17) is 21.7 Å². The van der Waals surface area contributed by atoms with Crippen LogP contribution in [0.1, 0.15) is 20.3 Å². The van der Waals surface area contributed by atoms with Gasteiger partial charge in [0.25, 0.3) is 0 Å². The predicted octanol–water partition coefficient (Wildman–Crippen LogP) is 0.369. The predicted molar refractivity (Wildman–Crippen MR) is 74.7 cm³/mol. The van der Waals surface area contributed by atoms with Gasteiger partial charge in [-0.25, -0.2) is 0 Å². The van der Waals surface area contributed by atoms with Crippen LogP contribution in [0.25, 0.3) is 0 Å². The summed E-state index contributed by atoms with van der Waals surface area (Å²) >= 11 is 5.36. The molecule has 18 heavy (non-hydrogen) atoms. The molecule has 1 fully saturated rings. The Labute approximate surface area is 114 Å². The molecule has 0 aliphatic carbocycles. The first-order valence-electron chi connectivity index (χ1n) is 6.29. The Bertz CT molecular complexity index is 274. The Morgan fingerprint density at radius 3 is 2.94 bits per heavy atom. The first-order chi connectivity index (χ1) is 8.48. The summed E-state index contributed by atoms with van der Waals surface area (Å²) in [6.45, 7) is 6.93. The number of hydrogen-bond donors (Lipinski definition) is 2. The number of rotatable bonds is 5. The number of aliphatic hydroxyl groups is 1. The number of methoxy groups -OCH3 is 1. The molecule has 0 aromatic heterocycles. The quantitative estimate of drug-likeness (QED) is 0.559. The average Bonchev–Trinajstić information content (AvgIpc) is 2.32. The minimum Gasteiger partial charge on any atom is -0.394 e. The lowest BCUT2D eigenvalue weighted by Gasteiger charge is -2.43. The van der Waals surface area contributed by atoms with E-state index in [2.05, 4.69) is 10.2 Å². The molecule has 2 N–H and O–H groups in total. The van der Waals surface area contributed by atoms with Gasteiger partial charge in [-0.2, -0.15) is 0 Å². The molecule has 6 heteroatoms. The fourth-order valence-electron chi connectivity index (χ4n) is 2.07. The Morgan fingerprint density at radius 1 is 1.61 bits per heavy atom. The van der Waals surface area contributed by atoms with Gasteiger partial charge in [0, 0.05) is 33.4 Å². The molecule has 1 aliphatic rings.